The van der Waals surface area contributed by atoms with Crippen molar-refractivity contribution in [3.8, 4) is 17.0 Å². The first-order valence-corrected chi connectivity index (χ1v) is 17.0. The Kier molecular flexibility index (Phi) is 8.02. The molecule has 8 nitrogen and oxygen atoms in total. The zero-order valence-corrected chi connectivity index (χ0v) is 26.4. The molecule has 1 aromatic carbocycles. The van der Waals surface area contributed by atoms with Crippen LogP contribution in [-0.2, 0) is 26.0 Å². The summed E-state index contributed by atoms with van der Waals surface area (Å²) in [4.78, 5) is 8.94. The van der Waals surface area contributed by atoms with E-state index >= 15 is 0 Å². The number of benzene rings is 1. The number of hydrogen-bond donors (Lipinski definition) is 0. The van der Waals surface area contributed by atoms with Crippen LogP contribution < -0.4 is 4.74 Å². The van der Waals surface area contributed by atoms with E-state index in [2.05, 4.69) is 51.9 Å². The first kappa shape index (κ1) is 29.4. The summed E-state index contributed by atoms with van der Waals surface area (Å²) in [7, 11) is 2.11. The van der Waals surface area contributed by atoms with Crippen LogP contribution in [-0.4, -0.2) is 66.1 Å². The van der Waals surface area contributed by atoms with Crippen molar-refractivity contribution in [2.75, 3.05) is 33.0 Å². The minimum absolute atomic E-state index is 0.0227. The number of nitrogens with zero attached hydrogens (tertiary/aromatic N) is 3. The molecule has 45 heavy (non-hydrogen) atoms. The molecule has 0 amide bonds. The Hall–Kier alpha value is -3.04. The van der Waals surface area contributed by atoms with Gasteiger partial charge in [0.1, 0.15) is 6.10 Å². The van der Waals surface area contributed by atoms with Crippen LogP contribution in [0.2, 0.25) is 0 Å². The van der Waals surface area contributed by atoms with E-state index in [1.165, 1.54) is 53.9 Å². The predicted octanol–water partition coefficient (Wildman–Crippen LogP) is 7.23. The molecule has 238 valence electrons. The van der Waals surface area contributed by atoms with Crippen LogP contribution in [0.5, 0.6) is 5.88 Å². The standard InChI is InChI=1S/C37H45N3O5/c1-40-32-11-12-38-20-31(32)30-9-7-26(16-33(30)40)27-8-10-34(39-19-27)45-29-17-28(18-29)44-25-37-21-36(22-37,23-37)24-41-13-4-5-15-43-35-6-2-3-14-42-35/h7-12,16,19-20,28-29,35H,2-6,13-15,17-18,21-25H2,1H3/t28-,29-,35?,36?,37?. The number of fused-ring (bicyclic) bond motifs is 3. The molecule has 5 aliphatic rings. The van der Waals surface area contributed by atoms with Crippen molar-refractivity contribution in [1.29, 1.82) is 0 Å². The molecule has 4 saturated carbocycles. The van der Waals surface area contributed by atoms with Crippen molar-refractivity contribution in [2.45, 2.75) is 82.7 Å². The molecule has 1 saturated heterocycles. The van der Waals surface area contributed by atoms with Crippen molar-refractivity contribution in [1.82, 2.24) is 14.5 Å². The number of aryl methyl sites for hydroxylation is 1. The van der Waals surface area contributed by atoms with Gasteiger partial charge in [0.25, 0.3) is 0 Å². The normalized spacial score (nSPS) is 28.9. The van der Waals surface area contributed by atoms with Gasteiger partial charge in [0.15, 0.2) is 6.29 Å². The molecule has 5 fully saturated rings. The average molecular weight is 612 g/mol. The highest BCUT2D eigenvalue weighted by Crippen LogP contribution is 2.73. The molecule has 9 rings (SSSR count). The molecule has 0 radical (unpaired) electrons. The largest absolute Gasteiger partial charge is 0.474 e. The van der Waals surface area contributed by atoms with Gasteiger partial charge in [0, 0.05) is 86.2 Å². The summed E-state index contributed by atoms with van der Waals surface area (Å²) in [5, 5.41) is 2.40. The van der Waals surface area contributed by atoms with Crippen LogP contribution in [0.15, 0.2) is 55.0 Å². The lowest BCUT2D eigenvalue weighted by molar-refractivity contribution is -0.263. The fourth-order valence-corrected chi connectivity index (χ4v) is 8.26. The Morgan fingerprint density at radius 3 is 2.51 bits per heavy atom. The van der Waals surface area contributed by atoms with Gasteiger partial charge in [-0.3, -0.25) is 4.98 Å². The lowest BCUT2D eigenvalue weighted by Gasteiger charge is -2.70. The number of pyridine rings is 2. The molecule has 1 unspecified atom stereocenters. The van der Waals surface area contributed by atoms with Crippen LogP contribution in [0.25, 0.3) is 32.9 Å². The van der Waals surface area contributed by atoms with Gasteiger partial charge in [-0.2, -0.15) is 0 Å². The summed E-state index contributed by atoms with van der Waals surface area (Å²) in [5.41, 5.74) is 5.44. The van der Waals surface area contributed by atoms with E-state index in [0.717, 1.165) is 76.3 Å². The minimum atomic E-state index is 0.0227. The van der Waals surface area contributed by atoms with Crippen molar-refractivity contribution in [3.05, 3.63) is 55.0 Å². The Morgan fingerprint density at radius 1 is 0.844 bits per heavy atom. The Bertz CT molecular complexity index is 1600. The van der Waals surface area contributed by atoms with Crippen molar-refractivity contribution >= 4 is 21.8 Å². The van der Waals surface area contributed by atoms with Gasteiger partial charge in [-0.05, 0) is 86.0 Å². The van der Waals surface area contributed by atoms with Gasteiger partial charge in [-0.15, -0.1) is 0 Å². The molecule has 1 atom stereocenters. The maximum atomic E-state index is 6.33. The number of rotatable bonds is 14. The molecule has 3 aromatic heterocycles. The summed E-state index contributed by atoms with van der Waals surface area (Å²) in [6.07, 6.45) is 17.4. The summed E-state index contributed by atoms with van der Waals surface area (Å²) in [6.45, 7) is 4.24. The second kappa shape index (κ2) is 12.3. The molecule has 4 heterocycles. The fraction of sp³-hybridized carbons (Fsp3) is 0.568. The Balaban J connectivity index is 0.717. The minimum Gasteiger partial charge on any atom is -0.474 e. The van der Waals surface area contributed by atoms with Crippen molar-refractivity contribution in [3.63, 3.8) is 0 Å². The number of hydrogen-bond acceptors (Lipinski definition) is 7. The van der Waals surface area contributed by atoms with Gasteiger partial charge in [-0.25, -0.2) is 4.98 Å². The summed E-state index contributed by atoms with van der Waals surface area (Å²) in [6, 6.07) is 12.7. The SMILES string of the molecule is Cn1c2ccncc2c2ccc(-c3ccc(O[C@H]4C[C@H](OCC56CC(COCCCCOC7CCCCO7)(C5)C6)C4)nc3)cc21. The third-order valence-corrected chi connectivity index (χ3v) is 10.6. The van der Waals surface area contributed by atoms with Gasteiger partial charge in [0.2, 0.25) is 5.88 Å². The molecule has 0 N–H and O–H groups in total. The summed E-state index contributed by atoms with van der Waals surface area (Å²) in [5.74, 6) is 0.686. The monoisotopic (exact) mass is 611 g/mol. The fourth-order valence-electron chi connectivity index (χ4n) is 8.26. The zero-order chi connectivity index (χ0) is 30.3. The highest BCUT2D eigenvalue weighted by molar-refractivity contribution is 6.08. The lowest BCUT2D eigenvalue weighted by atomic mass is 9.35. The molecule has 0 spiro atoms. The van der Waals surface area contributed by atoms with Gasteiger partial charge in [0.05, 0.1) is 24.8 Å². The molecule has 4 aromatic rings. The van der Waals surface area contributed by atoms with E-state index in [1.807, 2.05) is 24.7 Å². The van der Waals surface area contributed by atoms with Crippen molar-refractivity contribution in [2.24, 2.45) is 17.9 Å². The number of aromatic nitrogens is 3. The molecule has 2 bridgehead atoms. The van der Waals surface area contributed by atoms with E-state index in [1.54, 1.807) is 0 Å². The lowest BCUT2D eigenvalue weighted by Crippen LogP contribution is -2.66. The van der Waals surface area contributed by atoms with Crippen LogP contribution in [0, 0.1) is 10.8 Å². The average Bonchev–Trinajstić information content (AvgIpc) is 3.30. The Labute approximate surface area is 265 Å². The highest BCUT2D eigenvalue weighted by atomic mass is 16.7. The smallest absolute Gasteiger partial charge is 0.213 e. The molecule has 8 heteroatoms. The van der Waals surface area contributed by atoms with E-state index < -0.39 is 0 Å². The molecular formula is C37H45N3O5. The van der Waals surface area contributed by atoms with Crippen molar-refractivity contribution < 1.29 is 23.7 Å². The molecule has 1 aliphatic heterocycles. The maximum Gasteiger partial charge on any atom is 0.213 e. The van der Waals surface area contributed by atoms with Gasteiger partial charge >= 0.3 is 0 Å². The number of unbranched alkanes of at least 4 members (excludes halogenated alkanes) is 1. The molecular weight excluding hydrogens is 566 g/mol. The van der Waals surface area contributed by atoms with Crippen LogP contribution in [0.3, 0.4) is 0 Å². The number of ether oxygens (including phenoxy) is 5. The third-order valence-electron chi connectivity index (χ3n) is 10.6. The zero-order valence-electron chi connectivity index (χ0n) is 26.4. The van der Waals surface area contributed by atoms with Gasteiger partial charge in [-0.1, -0.05) is 12.1 Å². The topological polar surface area (TPSA) is 76.9 Å². The Morgan fingerprint density at radius 2 is 1.69 bits per heavy atom. The second-order valence-electron chi connectivity index (χ2n) is 14.2. The summed E-state index contributed by atoms with van der Waals surface area (Å²) >= 11 is 0. The summed E-state index contributed by atoms with van der Waals surface area (Å²) < 4.78 is 32.2. The highest BCUT2D eigenvalue weighted by Gasteiger charge is 2.67. The van der Waals surface area contributed by atoms with E-state index in [4.69, 9.17) is 23.7 Å². The first-order chi connectivity index (χ1) is 22.1. The maximum absolute atomic E-state index is 6.33. The third kappa shape index (κ3) is 5.98. The van der Waals surface area contributed by atoms with Gasteiger partial charge < -0.3 is 28.3 Å². The molecule has 4 aliphatic carbocycles. The van der Waals surface area contributed by atoms with E-state index in [0.29, 0.717) is 22.8 Å². The van der Waals surface area contributed by atoms with E-state index in [9.17, 15) is 0 Å². The van der Waals surface area contributed by atoms with E-state index in [-0.39, 0.29) is 12.4 Å². The van der Waals surface area contributed by atoms with Crippen LogP contribution >= 0.6 is 0 Å². The van der Waals surface area contributed by atoms with Crippen LogP contribution in [0.4, 0.5) is 0 Å². The predicted molar refractivity (Wildman–Crippen MR) is 173 cm³/mol. The second-order valence-corrected chi connectivity index (χ2v) is 14.2. The first-order valence-electron chi connectivity index (χ1n) is 17.0. The van der Waals surface area contributed by atoms with Crippen LogP contribution in [0.1, 0.15) is 64.2 Å². The quantitative estimate of drug-likeness (QED) is 0.139.